The van der Waals surface area contributed by atoms with Crippen LogP contribution in [0.4, 0.5) is 13.2 Å². The van der Waals surface area contributed by atoms with Gasteiger partial charge in [-0.1, -0.05) is 35.2 Å². The Morgan fingerprint density at radius 1 is 1.05 bits per heavy atom. The molecule has 0 saturated carbocycles. The van der Waals surface area contributed by atoms with Crippen LogP contribution in [0.5, 0.6) is 0 Å². The topological polar surface area (TPSA) is 55.4 Å². The minimum atomic E-state index is -4.61. The van der Waals surface area contributed by atoms with E-state index in [-0.39, 0.29) is 4.90 Å². The molecule has 0 aromatic heterocycles. The third kappa shape index (κ3) is 3.69. The Morgan fingerprint density at radius 2 is 1.70 bits per heavy atom. The van der Waals surface area contributed by atoms with Crippen molar-refractivity contribution in [2.24, 2.45) is 0 Å². The quantitative estimate of drug-likeness (QED) is 0.883. The molecule has 0 radical (unpaired) electrons. The second-order valence-electron chi connectivity index (χ2n) is 4.00. The Morgan fingerprint density at radius 3 is 2.35 bits per heavy atom. The number of halogens is 3. The van der Waals surface area contributed by atoms with Gasteiger partial charge in [-0.2, -0.15) is 13.2 Å². The molecule has 0 amide bonds. The molecule has 2 aromatic rings. The van der Waals surface area contributed by atoms with E-state index >= 15 is 0 Å². The molecule has 0 aliphatic rings. The summed E-state index contributed by atoms with van der Waals surface area (Å²) in [6.07, 6.45) is -4.61. The van der Waals surface area contributed by atoms with Gasteiger partial charge in [0, 0.05) is 0 Å². The Hall–Kier alpha value is -1.64. The Balaban J connectivity index is 2.19. The van der Waals surface area contributed by atoms with E-state index in [2.05, 4.69) is 4.84 Å². The molecule has 0 unspecified atom stereocenters. The Bertz CT molecular complexity index is 713. The van der Waals surface area contributed by atoms with Crippen LogP contribution < -0.4 is 4.89 Å². The summed E-state index contributed by atoms with van der Waals surface area (Å²) in [5, 5.41) is 1.48. The molecule has 0 atom stereocenters. The first-order chi connectivity index (χ1) is 9.28. The molecule has 20 heavy (non-hydrogen) atoms. The molecule has 2 aromatic carbocycles. The number of hydrogen-bond acceptors (Lipinski definition) is 3. The first-order valence-corrected chi connectivity index (χ1v) is 6.95. The Labute approximate surface area is 113 Å². The minimum Gasteiger partial charge on any atom is -0.277 e. The summed E-state index contributed by atoms with van der Waals surface area (Å²) in [5.41, 5.74) is 0. The van der Waals surface area contributed by atoms with Crippen LogP contribution in [0.2, 0.25) is 0 Å². The van der Waals surface area contributed by atoms with Crippen molar-refractivity contribution in [2.45, 2.75) is 11.1 Å². The van der Waals surface area contributed by atoms with Gasteiger partial charge in [-0.3, -0.25) is 4.84 Å². The highest BCUT2D eigenvalue weighted by molar-refractivity contribution is 7.89. The van der Waals surface area contributed by atoms with Crippen LogP contribution in [0.25, 0.3) is 10.8 Å². The van der Waals surface area contributed by atoms with Crippen molar-refractivity contribution in [1.82, 2.24) is 4.89 Å². The van der Waals surface area contributed by atoms with E-state index in [1.165, 1.54) is 17.0 Å². The van der Waals surface area contributed by atoms with Crippen LogP contribution in [-0.4, -0.2) is 21.2 Å². The maximum atomic E-state index is 11.9. The van der Waals surface area contributed by atoms with Crippen molar-refractivity contribution in [3.05, 3.63) is 42.5 Å². The zero-order chi connectivity index (χ0) is 14.8. The number of fused-ring (bicyclic) bond motifs is 1. The molecule has 0 saturated heterocycles. The molecular weight excluding hydrogens is 295 g/mol. The summed E-state index contributed by atoms with van der Waals surface area (Å²) in [6.45, 7) is -1.69. The molecule has 0 aliphatic heterocycles. The van der Waals surface area contributed by atoms with Crippen LogP contribution in [0, 0.1) is 0 Å². The van der Waals surface area contributed by atoms with Crippen LogP contribution in [0.15, 0.2) is 47.4 Å². The average Bonchev–Trinajstić information content (AvgIpc) is 2.36. The monoisotopic (exact) mass is 305 g/mol. The molecular formula is C12H10F3NO3S. The maximum absolute atomic E-state index is 11.9. The number of rotatable bonds is 4. The van der Waals surface area contributed by atoms with E-state index in [0.29, 0.717) is 5.39 Å². The number of sulfonamides is 1. The van der Waals surface area contributed by atoms with Crippen LogP contribution in [0.3, 0.4) is 0 Å². The molecule has 4 nitrogen and oxygen atoms in total. The Kier molecular flexibility index (Phi) is 3.98. The fourth-order valence-electron chi connectivity index (χ4n) is 1.57. The van der Waals surface area contributed by atoms with E-state index in [9.17, 15) is 21.6 Å². The zero-order valence-electron chi connectivity index (χ0n) is 10.0. The standard InChI is InChI=1S/C12H10F3NO3S/c13-12(14,15)8-19-16-20(17,18)11-6-5-9-3-1-2-4-10(9)7-11/h1-7,16H,8H2. The predicted octanol–water partition coefficient (Wildman–Crippen LogP) is 2.61. The highest BCUT2D eigenvalue weighted by Gasteiger charge is 2.29. The lowest BCUT2D eigenvalue weighted by molar-refractivity contribution is -0.181. The lowest BCUT2D eigenvalue weighted by Gasteiger charge is -2.09. The summed E-state index contributed by atoms with van der Waals surface area (Å²) in [6, 6.07) is 11.2. The molecule has 8 heteroatoms. The van der Waals surface area contributed by atoms with Crippen molar-refractivity contribution >= 4 is 20.8 Å². The molecule has 108 valence electrons. The van der Waals surface area contributed by atoms with Crippen molar-refractivity contribution in [3.63, 3.8) is 0 Å². The molecule has 0 bridgehead atoms. The molecule has 2 rings (SSSR count). The SMILES string of the molecule is O=S(=O)(NOCC(F)(F)F)c1ccc2ccccc2c1. The molecule has 0 spiro atoms. The van der Waals surface area contributed by atoms with Gasteiger partial charge >= 0.3 is 6.18 Å². The average molecular weight is 305 g/mol. The fourth-order valence-corrected chi connectivity index (χ4v) is 2.41. The predicted molar refractivity (Wildman–Crippen MR) is 66.3 cm³/mol. The van der Waals surface area contributed by atoms with Gasteiger partial charge in [0.15, 0.2) is 6.61 Å². The van der Waals surface area contributed by atoms with Crippen molar-refractivity contribution in [2.75, 3.05) is 6.61 Å². The summed E-state index contributed by atoms with van der Waals surface area (Å²) in [5.74, 6) is 0. The number of benzene rings is 2. The third-order valence-corrected chi connectivity index (χ3v) is 3.65. The first kappa shape index (κ1) is 14.8. The maximum Gasteiger partial charge on any atom is 0.413 e. The molecule has 0 fully saturated rings. The van der Waals surface area contributed by atoms with Gasteiger partial charge in [0.05, 0.1) is 4.90 Å². The van der Waals surface area contributed by atoms with Gasteiger partial charge in [0.1, 0.15) is 0 Å². The van der Waals surface area contributed by atoms with E-state index in [1.807, 2.05) is 0 Å². The van der Waals surface area contributed by atoms with Crippen molar-refractivity contribution in [3.8, 4) is 0 Å². The van der Waals surface area contributed by atoms with Gasteiger partial charge in [-0.05, 0) is 22.9 Å². The van der Waals surface area contributed by atoms with Gasteiger partial charge in [0.2, 0.25) is 0 Å². The zero-order valence-corrected chi connectivity index (χ0v) is 10.8. The van der Waals surface area contributed by atoms with E-state index in [0.717, 1.165) is 5.39 Å². The second-order valence-corrected chi connectivity index (χ2v) is 5.64. The smallest absolute Gasteiger partial charge is 0.277 e. The fraction of sp³-hybridized carbons (Fsp3) is 0.167. The van der Waals surface area contributed by atoms with E-state index < -0.39 is 22.8 Å². The van der Waals surface area contributed by atoms with E-state index in [1.54, 1.807) is 30.3 Å². The van der Waals surface area contributed by atoms with Crippen LogP contribution >= 0.6 is 0 Å². The number of alkyl halides is 3. The van der Waals surface area contributed by atoms with Gasteiger partial charge < -0.3 is 0 Å². The summed E-state index contributed by atoms with van der Waals surface area (Å²) < 4.78 is 59.2. The van der Waals surface area contributed by atoms with Crippen molar-refractivity contribution in [1.29, 1.82) is 0 Å². The van der Waals surface area contributed by atoms with Crippen LogP contribution in [0.1, 0.15) is 0 Å². The summed E-state index contributed by atoms with van der Waals surface area (Å²) in [4.78, 5) is 5.25. The van der Waals surface area contributed by atoms with Gasteiger partial charge in [0.25, 0.3) is 10.0 Å². The molecule has 0 heterocycles. The van der Waals surface area contributed by atoms with E-state index in [4.69, 9.17) is 0 Å². The molecule has 0 aliphatic carbocycles. The van der Waals surface area contributed by atoms with Crippen molar-refractivity contribution < 1.29 is 26.4 Å². The number of nitrogens with one attached hydrogen (secondary N) is 1. The number of hydrogen-bond donors (Lipinski definition) is 1. The lowest BCUT2D eigenvalue weighted by Crippen LogP contribution is -2.29. The lowest BCUT2D eigenvalue weighted by atomic mass is 10.1. The largest absolute Gasteiger partial charge is 0.413 e. The summed E-state index contributed by atoms with van der Waals surface area (Å²) >= 11 is 0. The first-order valence-electron chi connectivity index (χ1n) is 5.47. The second kappa shape index (κ2) is 5.39. The van der Waals surface area contributed by atoms with Gasteiger partial charge in [-0.15, -0.1) is 0 Å². The highest BCUT2D eigenvalue weighted by Crippen LogP contribution is 2.19. The minimum absolute atomic E-state index is 0.168. The summed E-state index contributed by atoms with van der Waals surface area (Å²) in [7, 11) is -4.15. The molecule has 1 N–H and O–H groups in total. The van der Waals surface area contributed by atoms with Crippen LogP contribution in [-0.2, 0) is 14.9 Å². The normalized spacial score (nSPS) is 12.8. The van der Waals surface area contributed by atoms with Gasteiger partial charge in [-0.25, -0.2) is 8.42 Å². The highest BCUT2D eigenvalue weighted by atomic mass is 32.2. The third-order valence-electron chi connectivity index (χ3n) is 2.44.